The molecule has 1 aliphatic rings. The number of rotatable bonds is 4. The number of hydrogen-bond acceptors (Lipinski definition) is 3. The molecule has 3 rings (SSSR count). The fraction of sp³-hybridized carbons (Fsp3) is 0.278. The SMILES string of the molecule is O=C1OCC[C@H]([C@@H]([Se]c2ccc(C(F)(F)F)cc2)c2ccccc2)O1. The summed E-state index contributed by atoms with van der Waals surface area (Å²) in [4.78, 5) is 11.4. The third kappa shape index (κ3) is 4.55. The summed E-state index contributed by atoms with van der Waals surface area (Å²) in [6.45, 7) is 0.288. The predicted octanol–water partition coefficient (Wildman–Crippen LogP) is 3.70. The third-order valence-corrected chi connectivity index (χ3v) is 6.66. The van der Waals surface area contributed by atoms with Gasteiger partial charge in [0.1, 0.15) is 0 Å². The van der Waals surface area contributed by atoms with Crippen LogP contribution in [0.4, 0.5) is 18.0 Å². The van der Waals surface area contributed by atoms with Gasteiger partial charge in [-0.3, -0.25) is 0 Å². The van der Waals surface area contributed by atoms with E-state index in [1.54, 1.807) is 0 Å². The second-order valence-corrected chi connectivity index (χ2v) is 8.06. The van der Waals surface area contributed by atoms with Crippen molar-refractivity contribution in [3.8, 4) is 0 Å². The molecule has 0 radical (unpaired) electrons. The van der Waals surface area contributed by atoms with Crippen molar-refractivity contribution in [2.45, 2.75) is 23.5 Å². The van der Waals surface area contributed by atoms with Gasteiger partial charge >= 0.3 is 149 Å². The van der Waals surface area contributed by atoms with E-state index in [0.29, 0.717) is 6.42 Å². The summed E-state index contributed by atoms with van der Waals surface area (Å²) in [7, 11) is 0. The molecule has 0 aliphatic carbocycles. The molecule has 0 bridgehead atoms. The van der Waals surface area contributed by atoms with Crippen molar-refractivity contribution in [2.75, 3.05) is 6.61 Å². The van der Waals surface area contributed by atoms with Crippen LogP contribution in [0, 0.1) is 0 Å². The van der Waals surface area contributed by atoms with Crippen LogP contribution in [0.25, 0.3) is 0 Å². The van der Waals surface area contributed by atoms with Gasteiger partial charge < -0.3 is 0 Å². The first-order valence-corrected chi connectivity index (χ1v) is 9.50. The van der Waals surface area contributed by atoms with Gasteiger partial charge in [-0.2, -0.15) is 0 Å². The monoisotopic (exact) mass is 416 g/mol. The van der Waals surface area contributed by atoms with Gasteiger partial charge in [0.05, 0.1) is 0 Å². The van der Waals surface area contributed by atoms with Crippen LogP contribution in [-0.4, -0.2) is 33.8 Å². The van der Waals surface area contributed by atoms with Crippen molar-refractivity contribution in [3.05, 3.63) is 65.7 Å². The second kappa shape index (κ2) is 7.50. The number of carbonyl (C=O) groups is 1. The van der Waals surface area contributed by atoms with Crippen LogP contribution in [0.2, 0.25) is 0 Å². The Hall–Kier alpha value is -1.98. The van der Waals surface area contributed by atoms with E-state index in [0.717, 1.165) is 22.2 Å². The fourth-order valence-electron chi connectivity index (χ4n) is 2.56. The summed E-state index contributed by atoms with van der Waals surface area (Å²) in [6.07, 6.45) is -4.82. The average Bonchev–Trinajstić information content (AvgIpc) is 2.60. The van der Waals surface area contributed by atoms with Crippen LogP contribution in [0.1, 0.15) is 22.4 Å². The molecule has 0 saturated carbocycles. The molecule has 1 heterocycles. The van der Waals surface area contributed by atoms with E-state index in [9.17, 15) is 18.0 Å². The van der Waals surface area contributed by atoms with Crippen LogP contribution in [0.5, 0.6) is 0 Å². The van der Waals surface area contributed by atoms with Crippen LogP contribution in [0.3, 0.4) is 0 Å². The van der Waals surface area contributed by atoms with Crippen molar-refractivity contribution in [1.82, 2.24) is 0 Å². The molecule has 0 amide bonds. The Morgan fingerprint density at radius 2 is 1.72 bits per heavy atom. The first-order chi connectivity index (χ1) is 11.9. The van der Waals surface area contributed by atoms with Crippen LogP contribution >= 0.6 is 0 Å². The molecular formula is C18H15F3O3Se. The van der Waals surface area contributed by atoms with Crippen molar-refractivity contribution in [3.63, 3.8) is 0 Å². The summed E-state index contributed by atoms with van der Waals surface area (Å²) >= 11 is -0.201. The standard InChI is InChI=1S/C18H15F3O3Se/c19-18(20,21)13-6-8-14(9-7-13)25-16(12-4-2-1-3-5-12)15-10-11-23-17(22)24-15/h1-9,15-16H,10-11H2/t15-,16+/m1/s1. The zero-order valence-electron chi connectivity index (χ0n) is 13.0. The molecule has 0 aromatic heterocycles. The first kappa shape index (κ1) is 17.8. The average molecular weight is 415 g/mol. The molecule has 1 saturated heterocycles. The Morgan fingerprint density at radius 3 is 2.32 bits per heavy atom. The Bertz CT molecular complexity index is 717. The molecule has 0 unspecified atom stereocenters. The van der Waals surface area contributed by atoms with Gasteiger partial charge in [0.25, 0.3) is 0 Å². The molecular weight excluding hydrogens is 400 g/mol. The van der Waals surface area contributed by atoms with E-state index >= 15 is 0 Å². The number of carbonyl (C=O) groups excluding carboxylic acids is 1. The molecule has 7 heteroatoms. The number of alkyl halides is 3. The van der Waals surface area contributed by atoms with Crippen LogP contribution in [-0.2, 0) is 15.7 Å². The van der Waals surface area contributed by atoms with Gasteiger partial charge in [0.15, 0.2) is 0 Å². The van der Waals surface area contributed by atoms with E-state index in [4.69, 9.17) is 9.47 Å². The maximum atomic E-state index is 12.7. The normalized spacial score (nSPS) is 19.0. The molecule has 2 aromatic rings. The number of hydrogen-bond donors (Lipinski definition) is 0. The Kier molecular flexibility index (Phi) is 5.35. The summed E-state index contributed by atoms with van der Waals surface area (Å²) < 4.78 is 49.1. The third-order valence-electron chi connectivity index (χ3n) is 3.78. The van der Waals surface area contributed by atoms with Crippen molar-refractivity contribution >= 4 is 25.6 Å². The summed E-state index contributed by atoms with van der Waals surface area (Å²) in [5.74, 6) is 0. The number of halogens is 3. The first-order valence-electron chi connectivity index (χ1n) is 7.66. The number of benzene rings is 2. The van der Waals surface area contributed by atoms with E-state index in [1.165, 1.54) is 12.1 Å². The van der Waals surface area contributed by atoms with Gasteiger partial charge in [-0.1, -0.05) is 0 Å². The molecule has 0 spiro atoms. The Balaban J connectivity index is 1.83. The van der Waals surface area contributed by atoms with E-state index in [2.05, 4.69) is 0 Å². The zero-order chi connectivity index (χ0) is 17.9. The molecule has 25 heavy (non-hydrogen) atoms. The van der Waals surface area contributed by atoms with Crippen molar-refractivity contribution in [2.24, 2.45) is 0 Å². The fourth-order valence-corrected chi connectivity index (χ4v) is 5.12. The molecule has 2 atom stereocenters. The molecule has 1 fully saturated rings. The summed E-state index contributed by atoms with van der Waals surface area (Å²) in [5, 5.41) is 0. The molecule has 0 N–H and O–H groups in total. The topological polar surface area (TPSA) is 35.5 Å². The Labute approximate surface area is 149 Å². The van der Waals surface area contributed by atoms with Gasteiger partial charge in [0.2, 0.25) is 0 Å². The minimum atomic E-state index is -4.35. The predicted molar refractivity (Wildman–Crippen MR) is 86.9 cm³/mol. The minimum absolute atomic E-state index is 0.0849. The quantitative estimate of drug-likeness (QED) is 0.565. The Morgan fingerprint density at radius 1 is 1.04 bits per heavy atom. The molecule has 2 aromatic carbocycles. The van der Waals surface area contributed by atoms with Gasteiger partial charge in [-0.15, -0.1) is 0 Å². The molecule has 132 valence electrons. The van der Waals surface area contributed by atoms with Gasteiger partial charge in [-0.05, 0) is 0 Å². The summed E-state index contributed by atoms with van der Waals surface area (Å²) in [6, 6.07) is 14.8. The van der Waals surface area contributed by atoms with Gasteiger partial charge in [-0.25, -0.2) is 0 Å². The van der Waals surface area contributed by atoms with Crippen molar-refractivity contribution in [1.29, 1.82) is 0 Å². The van der Waals surface area contributed by atoms with Crippen molar-refractivity contribution < 1.29 is 27.4 Å². The summed E-state index contributed by atoms with van der Waals surface area (Å²) in [5.41, 5.74) is 0.336. The van der Waals surface area contributed by atoms with E-state index in [1.807, 2.05) is 30.3 Å². The van der Waals surface area contributed by atoms with E-state index < -0.39 is 17.9 Å². The number of ether oxygens (including phenoxy) is 2. The van der Waals surface area contributed by atoms with Crippen LogP contribution < -0.4 is 4.46 Å². The second-order valence-electron chi connectivity index (χ2n) is 5.51. The zero-order valence-corrected chi connectivity index (χ0v) is 14.7. The maximum absolute atomic E-state index is 12.7. The molecule has 3 nitrogen and oxygen atoms in total. The molecule has 1 aliphatic heterocycles. The van der Waals surface area contributed by atoms with E-state index in [-0.39, 0.29) is 32.5 Å². The number of cyclic esters (lactones) is 2. The van der Waals surface area contributed by atoms with Gasteiger partial charge in [0, 0.05) is 0 Å². The van der Waals surface area contributed by atoms with Crippen LogP contribution in [0.15, 0.2) is 54.6 Å².